The fourth-order valence-electron chi connectivity index (χ4n) is 0.775. The van der Waals surface area contributed by atoms with Crippen molar-refractivity contribution < 1.29 is 14.0 Å². The van der Waals surface area contributed by atoms with E-state index in [1.165, 1.54) is 0 Å². The summed E-state index contributed by atoms with van der Waals surface area (Å²) in [6, 6.07) is 0. The number of unbranched alkanes of at least 4 members (excludes halogenated alkanes) is 2. The normalized spacial score (nSPS) is 15.6. The third kappa shape index (κ3) is 8.44. The maximum atomic E-state index is 11.2. The first-order valence-corrected chi connectivity index (χ1v) is 6.42. The van der Waals surface area contributed by atoms with Gasteiger partial charge in [-0.3, -0.25) is 4.52 Å². The van der Waals surface area contributed by atoms with Gasteiger partial charge >= 0.3 is 7.75 Å². The molecule has 0 saturated heterocycles. The summed E-state index contributed by atoms with van der Waals surface area (Å²) in [6.07, 6.45) is 3.68. The lowest BCUT2D eigenvalue weighted by atomic mass is 10.3. The second-order valence-corrected chi connectivity index (χ2v) is 4.58. The third-order valence-electron chi connectivity index (χ3n) is 1.61. The van der Waals surface area contributed by atoms with Crippen LogP contribution >= 0.6 is 7.75 Å². The molecule has 0 aliphatic carbocycles. The molecule has 0 aliphatic heterocycles. The molecular weight excluding hydrogens is 189 g/mol. The highest BCUT2D eigenvalue weighted by atomic mass is 31.2. The quantitative estimate of drug-likeness (QED) is 0.475. The molecule has 80 valence electrons. The Morgan fingerprint density at radius 2 is 1.92 bits per heavy atom. The van der Waals surface area contributed by atoms with E-state index < -0.39 is 7.75 Å². The van der Waals surface area contributed by atoms with Crippen LogP contribution in [0.1, 0.15) is 39.5 Å². The van der Waals surface area contributed by atoms with Gasteiger partial charge < -0.3 is 4.89 Å². The van der Waals surface area contributed by atoms with Crippen molar-refractivity contribution in [1.29, 1.82) is 0 Å². The highest BCUT2D eigenvalue weighted by Crippen LogP contribution is 2.36. The molecule has 0 radical (unpaired) electrons. The summed E-state index contributed by atoms with van der Waals surface area (Å²) in [5.74, 6) is 0. The van der Waals surface area contributed by atoms with Crippen molar-refractivity contribution in [2.45, 2.75) is 39.5 Å². The fraction of sp³-hybridized carbons (Fsp3) is 1.00. The van der Waals surface area contributed by atoms with Gasteiger partial charge in [-0.2, -0.15) is 0 Å². The number of hydrogen-bond donors (Lipinski definition) is 2. The molecule has 0 rings (SSSR count). The van der Waals surface area contributed by atoms with Crippen LogP contribution in [0.4, 0.5) is 0 Å². The topological polar surface area (TPSA) is 58.6 Å². The largest absolute Gasteiger partial charge is 0.402 e. The van der Waals surface area contributed by atoms with Crippen molar-refractivity contribution in [3.63, 3.8) is 0 Å². The van der Waals surface area contributed by atoms with E-state index in [0.29, 0.717) is 13.2 Å². The Morgan fingerprint density at radius 1 is 1.31 bits per heavy atom. The standard InChI is InChI=1S/C8H20NO3P/c1-3-5-7-9-13(10,11)12-8-6-4-2/h3-8H2,1-2H3,(H2,9,10,11). The van der Waals surface area contributed by atoms with Crippen LogP contribution in [0.2, 0.25) is 0 Å². The van der Waals surface area contributed by atoms with Gasteiger partial charge in [0.2, 0.25) is 0 Å². The highest BCUT2D eigenvalue weighted by Gasteiger charge is 2.16. The van der Waals surface area contributed by atoms with Crippen molar-refractivity contribution in [1.82, 2.24) is 5.09 Å². The monoisotopic (exact) mass is 209 g/mol. The molecule has 0 spiro atoms. The SMILES string of the molecule is CCCCNP(=O)(O)OCCCC. The minimum absolute atomic E-state index is 0.351. The van der Waals surface area contributed by atoms with Crippen molar-refractivity contribution in [2.24, 2.45) is 0 Å². The highest BCUT2D eigenvalue weighted by molar-refractivity contribution is 7.50. The summed E-state index contributed by atoms with van der Waals surface area (Å²) in [5.41, 5.74) is 0. The molecule has 4 nitrogen and oxygen atoms in total. The van der Waals surface area contributed by atoms with E-state index >= 15 is 0 Å². The van der Waals surface area contributed by atoms with Crippen molar-refractivity contribution in [3.05, 3.63) is 0 Å². The molecule has 13 heavy (non-hydrogen) atoms. The molecule has 0 aliphatic rings. The Morgan fingerprint density at radius 3 is 2.46 bits per heavy atom. The second kappa shape index (κ2) is 7.51. The van der Waals surface area contributed by atoms with Crippen LogP contribution in [0, 0.1) is 0 Å². The predicted octanol–water partition coefficient (Wildman–Crippen LogP) is 2.29. The van der Waals surface area contributed by atoms with E-state index in [1.54, 1.807) is 0 Å². The molecule has 2 N–H and O–H groups in total. The van der Waals surface area contributed by atoms with Gasteiger partial charge in [0, 0.05) is 6.54 Å². The first kappa shape index (κ1) is 13.1. The lowest BCUT2D eigenvalue weighted by molar-refractivity contribution is 0.246. The van der Waals surface area contributed by atoms with Crippen LogP contribution < -0.4 is 5.09 Å². The van der Waals surface area contributed by atoms with Gasteiger partial charge in [0.15, 0.2) is 0 Å². The van der Waals surface area contributed by atoms with Crippen LogP contribution in [-0.4, -0.2) is 18.0 Å². The van der Waals surface area contributed by atoms with E-state index in [9.17, 15) is 9.46 Å². The van der Waals surface area contributed by atoms with Gasteiger partial charge in [-0.15, -0.1) is 0 Å². The van der Waals surface area contributed by atoms with E-state index in [2.05, 4.69) is 5.09 Å². The Bertz CT molecular complexity index is 149. The van der Waals surface area contributed by atoms with Crippen LogP contribution in [0.5, 0.6) is 0 Å². The molecule has 0 fully saturated rings. The zero-order valence-corrected chi connectivity index (χ0v) is 9.35. The smallest absolute Gasteiger partial charge is 0.312 e. The fourth-order valence-corrected chi connectivity index (χ4v) is 1.68. The van der Waals surface area contributed by atoms with Gasteiger partial charge in [0.05, 0.1) is 6.61 Å². The Labute approximate surface area is 80.3 Å². The molecular formula is C8H20NO3P. The summed E-state index contributed by atoms with van der Waals surface area (Å²) < 4.78 is 16.0. The van der Waals surface area contributed by atoms with E-state index in [0.717, 1.165) is 25.7 Å². The third-order valence-corrected chi connectivity index (χ3v) is 2.76. The Kier molecular flexibility index (Phi) is 7.57. The van der Waals surface area contributed by atoms with E-state index in [1.807, 2.05) is 13.8 Å². The first-order chi connectivity index (χ1) is 6.12. The average Bonchev–Trinajstić information content (AvgIpc) is 2.05. The first-order valence-electron chi connectivity index (χ1n) is 4.85. The lowest BCUT2D eigenvalue weighted by Crippen LogP contribution is -2.13. The zero-order valence-electron chi connectivity index (χ0n) is 8.45. The summed E-state index contributed by atoms with van der Waals surface area (Å²) in [6.45, 7) is 4.93. The van der Waals surface area contributed by atoms with Gasteiger partial charge in [-0.25, -0.2) is 9.65 Å². The minimum atomic E-state index is -3.50. The maximum absolute atomic E-state index is 11.2. The van der Waals surface area contributed by atoms with Gasteiger partial charge in [0.25, 0.3) is 0 Å². The molecule has 0 aromatic rings. The molecule has 0 amide bonds. The number of hydrogen-bond acceptors (Lipinski definition) is 2. The van der Waals surface area contributed by atoms with Crippen LogP contribution in [-0.2, 0) is 9.09 Å². The number of nitrogens with one attached hydrogen (secondary N) is 1. The number of rotatable bonds is 8. The van der Waals surface area contributed by atoms with Crippen molar-refractivity contribution >= 4 is 7.75 Å². The Balaban J connectivity index is 3.49. The van der Waals surface area contributed by atoms with Crippen molar-refractivity contribution in [3.8, 4) is 0 Å². The second-order valence-electron chi connectivity index (χ2n) is 2.97. The molecule has 0 bridgehead atoms. The molecule has 1 unspecified atom stereocenters. The van der Waals surface area contributed by atoms with Gasteiger partial charge in [-0.05, 0) is 12.8 Å². The maximum Gasteiger partial charge on any atom is 0.402 e. The van der Waals surface area contributed by atoms with Crippen LogP contribution in [0.25, 0.3) is 0 Å². The summed E-state index contributed by atoms with van der Waals surface area (Å²) >= 11 is 0. The van der Waals surface area contributed by atoms with E-state index in [4.69, 9.17) is 4.52 Å². The Hall–Kier alpha value is 0.110. The molecule has 0 heterocycles. The predicted molar refractivity (Wildman–Crippen MR) is 53.6 cm³/mol. The molecule has 0 saturated carbocycles. The van der Waals surface area contributed by atoms with Crippen LogP contribution in [0.15, 0.2) is 0 Å². The van der Waals surface area contributed by atoms with Crippen molar-refractivity contribution in [2.75, 3.05) is 13.2 Å². The lowest BCUT2D eigenvalue weighted by Gasteiger charge is -2.12. The minimum Gasteiger partial charge on any atom is -0.312 e. The van der Waals surface area contributed by atoms with Gasteiger partial charge in [-0.1, -0.05) is 26.7 Å². The average molecular weight is 209 g/mol. The summed E-state index contributed by atoms with van der Waals surface area (Å²) in [5, 5.41) is 2.51. The van der Waals surface area contributed by atoms with Gasteiger partial charge in [0.1, 0.15) is 0 Å². The molecule has 0 aromatic carbocycles. The summed E-state index contributed by atoms with van der Waals surface area (Å²) in [7, 11) is -3.50. The van der Waals surface area contributed by atoms with E-state index in [-0.39, 0.29) is 0 Å². The van der Waals surface area contributed by atoms with Crippen LogP contribution in [0.3, 0.4) is 0 Å². The summed E-state index contributed by atoms with van der Waals surface area (Å²) in [4.78, 5) is 9.19. The molecule has 5 heteroatoms. The zero-order chi connectivity index (χ0) is 10.2. The molecule has 1 atom stereocenters. The molecule has 0 aromatic heterocycles.